The van der Waals surface area contributed by atoms with Crippen LogP contribution in [0.2, 0.25) is 5.28 Å². The van der Waals surface area contributed by atoms with Crippen molar-refractivity contribution in [3.63, 3.8) is 0 Å². The highest BCUT2D eigenvalue weighted by atomic mass is 35.5. The zero-order valence-electron chi connectivity index (χ0n) is 9.27. The van der Waals surface area contributed by atoms with Gasteiger partial charge in [0.1, 0.15) is 0 Å². The van der Waals surface area contributed by atoms with Crippen molar-refractivity contribution in [2.75, 3.05) is 31.6 Å². The third kappa shape index (κ3) is 2.17. The fourth-order valence-corrected chi connectivity index (χ4v) is 1.75. The van der Waals surface area contributed by atoms with Crippen LogP contribution in [0.25, 0.3) is 0 Å². The maximum absolute atomic E-state index is 5.81. The Bertz CT molecular complexity index is 371. The molecule has 0 spiro atoms. The molecule has 0 saturated carbocycles. The molecular formula is C9H14ClN5O. The van der Waals surface area contributed by atoms with Crippen molar-refractivity contribution in [3.8, 4) is 6.01 Å². The first-order valence-electron chi connectivity index (χ1n) is 5.17. The molecule has 0 unspecified atom stereocenters. The van der Waals surface area contributed by atoms with E-state index in [9.17, 15) is 0 Å². The summed E-state index contributed by atoms with van der Waals surface area (Å²) in [7, 11) is 1.51. The molecule has 88 valence electrons. The Kier molecular flexibility index (Phi) is 3.40. The van der Waals surface area contributed by atoms with E-state index in [1.165, 1.54) is 7.11 Å². The molecule has 0 amide bonds. The predicted octanol–water partition coefficient (Wildman–Crippen LogP) is 0.332. The van der Waals surface area contributed by atoms with Gasteiger partial charge in [-0.25, -0.2) is 0 Å². The number of hydrogen-bond donors (Lipinski definition) is 1. The smallest absolute Gasteiger partial charge is 0.322 e. The van der Waals surface area contributed by atoms with E-state index in [2.05, 4.69) is 32.1 Å². The van der Waals surface area contributed by atoms with E-state index in [-0.39, 0.29) is 11.3 Å². The molecule has 1 aliphatic rings. The van der Waals surface area contributed by atoms with E-state index >= 15 is 0 Å². The number of rotatable bonds is 4. The SMILES string of the molecule is CCN(c1nc(Cl)nc(OC)n1)C1CNC1. The second-order valence-corrected chi connectivity index (χ2v) is 3.83. The van der Waals surface area contributed by atoms with E-state index in [0.717, 1.165) is 19.6 Å². The molecule has 2 heterocycles. The van der Waals surface area contributed by atoms with Gasteiger partial charge in [-0.05, 0) is 18.5 Å². The van der Waals surface area contributed by atoms with Crippen molar-refractivity contribution < 1.29 is 4.74 Å². The van der Waals surface area contributed by atoms with Crippen LogP contribution >= 0.6 is 11.6 Å². The summed E-state index contributed by atoms with van der Waals surface area (Å²) in [5, 5.41) is 3.37. The van der Waals surface area contributed by atoms with Crippen LogP contribution in [0, 0.1) is 0 Å². The van der Waals surface area contributed by atoms with E-state index in [1.54, 1.807) is 0 Å². The second-order valence-electron chi connectivity index (χ2n) is 3.49. The summed E-state index contributed by atoms with van der Waals surface area (Å²) in [6.45, 7) is 4.78. The first kappa shape index (κ1) is 11.3. The lowest BCUT2D eigenvalue weighted by molar-refractivity contribution is 0.373. The maximum Gasteiger partial charge on any atom is 0.322 e. The number of nitrogens with one attached hydrogen (secondary N) is 1. The van der Waals surface area contributed by atoms with Crippen molar-refractivity contribution >= 4 is 17.5 Å². The molecule has 1 aromatic heterocycles. The molecule has 1 aliphatic heterocycles. The number of halogens is 1. The number of likely N-dealkylation sites (N-methyl/N-ethyl adjacent to an activating group) is 1. The molecule has 1 fully saturated rings. The normalized spacial score (nSPS) is 15.7. The van der Waals surface area contributed by atoms with Crippen LogP contribution in [-0.2, 0) is 0 Å². The minimum absolute atomic E-state index is 0.160. The summed E-state index contributed by atoms with van der Waals surface area (Å²) in [6.07, 6.45) is 0. The standard InChI is InChI=1S/C9H14ClN5O/c1-3-15(6-4-11-5-6)8-12-7(10)13-9(14-8)16-2/h6,11H,3-5H2,1-2H3. The van der Waals surface area contributed by atoms with Gasteiger partial charge >= 0.3 is 6.01 Å². The predicted molar refractivity (Wildman–Crippen MR) is 61.1 cm³/mol. The molecule has 0 bridgehead atoms. The summed E-state index contributed by atoms with van der Waals surface area (Å²) in [5.74, 6) is 0.575. The fourth-order valence-electron chi connectivity index (χ4n) is 1.60. The Morgan fingerprint density at radius 1 is 1.44 bits per heavy atom. The highest BCUT2D eigenvalue weighted by Crippen LogP contribution is 2.18. The first-order valence-corrected chi connectivity index (χ1v) is 5.55. The molecule has 6 nitrogen and oxygen atoms in total. The van der Waals surface area contributed by atoms with Crippen LogP contribution in [0.3, 0.4) is 0 Å². The summed E-state index contributed by atoms with van der Waals surface area (Å²) < 4.78 is 4.97. The molecule has 0 aromatic carbocycles. The largest absolute Gasteiger partial charge is 0.467 e. The van der Waals surface area contributed by atoms with E-state index in [4.69, 9.17) is 16.3 Å². The van der Waals surface area contributed by atoms with Crippen molar-refractivity contribution in [2.24, 2.45) is 0 Å². The monoisotopic (exact) mass is 243 g/mol. The van der Waals surface area contributed by atoms with Gasteiger partial charge in [-0.3, -0.25) is 0 Å². The molecule has 0 radical (unpaired) electrons. The number of ether oxygens (including phenoxy) is 1. The quantitative estimate of drug-likeness (QED) is 0.823. The average Bonchev–Trinajstić information content (AvgIpc) is 2.22. The van der Waals surface area contributed by atoms with Gasteiger partial charge in [0.15, 0.2) is 0 Å². The van der Waals surface area contributed by atoms with Gasteiger partial charge in [0.05, 0.1) is 13.2 Å². The van der Waals surface area contributed by atoms with Crippen molar-refractivity contribution in [2.45, 2.75) is 13.0 Å². The highest BCUT2D eigenvalue weighted by Gasteiger charge is 2.26. The van der Waals surface area contributed by atoms with E-state index in [0.29, 0.717) is 12.0 Å². The van der Waals surface area contributed by atoms with Crippen molar-refractivity contribution in [1.82, 2.24) is 20.3 Å². The molecule has 0 atom stereocenters. The van der Waals surface area contributed by atoms with Crippen LogP contribution in [0.15, 0.2) is 0 Å². The van der Waals surface area contributed by atoms with Gasteiger partial charge < -0.3 is 15.0 Å². The number of aromatic nitrogens is 3. The maximum atomic E-state index is 5.81. The number of hydrogen-bond acceptors (Lipinski definition) is 6. The van der Waals surface area contributed by atoms with E-state index in [1.807, 2.05) is 0 Å². The Morgan fingerprint density at radius 2 is 2.19 bits per heavy atom. The topological polar surface area (TPSA) is 63.2 Å². The molecule has 1 aromatic rings. The summed E-state index contributed by atoms with van der Waals surface area (Å²) in [6, 6.07) is 0.675. The van der Waals surface area contributed by atoms with Crippen molar-refractivity contribution in [1.29, 1.82) is 0 Å². The molecule has 2 rings (SSSR count). The van der Waals surface area contributed by atoms with Crippen LogP contribution in [-0.4, -0.2) is 47.7 Å². The number of methoxy groups -OCH3 is 1. The van der Waals surface area contributed by atoms with Crippen molar-refractivity contribution in [3.05, 3.63) is 5.28 Å². The highest BCUT2D eigenvalue weighted by molar-refractivity contribution is 6.28. The third-order valence-corrected chi connectivity index (χ3v) is 2.73. The zero-order valence-corrected chi connectivity index (χ0v) is 10.0. The first-order chi connectivity index (χ1) is 7.74. The summed E-state index contributed by atoms with van der Waals surface area (Å²) in [4.78, 5) is 14.3. The lowest BCUT2D eigenvalue weighted by atomic mass is 10.1. The molecule has 1 saturated heterocycles. The zero-order chi connectivity index (χ0) is 11.5. The van der Waals surface area contributed by atoms with Gasteiger partial charge in [-0.15, -0.1) is 0 Å². The Hall–Kier alpha value is -1.14. The molecule has 16 heavy (non-hydrogen) atoms. The summed E-state index contributed by atoms with van der Waals surface area (Å²) in [5.41, 5.74) is 0. The minimum atomic E-state index is 0.160. The average molecular weight is 244 g/mol. The van der Waals surface area contributed by atoms with Crippen LogP contribution in [0.5, 0.6) is 6.01 Å². The summed E-state index contributed by atoms with van der Waals surface area (Å²) >= 11 is 5.81. The van der Waals surface area contributed by atoms with Gasteiger partial charge in [-0.1, -0.05) is 0 Å². The van der Waals surface area contributed by atoms with Crippen LogP contribution in [0.4, 0.5) is 5.95 Å². The second kappa shape index (κ2) is 4.80. The lowest BCUT2D eigenvalue weighted by Crippen LogP contribution is -2.57. The Morgan fingerprint density at radius 3 is 2.69 bits per heavy atom. The van der Waals surface area contributed by atoms with Gasteiger partial charge in [0.2, 0.25) is 11.2 Å². The van der Waals surface area contributed by atoms with Gasteiger partial charge in [-0.2, -0.15) is 15.0 Å². The lowest BCUT2D eigenvalue weighted by Gasteiger charge is -2.37. The molecule has 1 N–H and O–H groups in total. The fraction of sp³-hybridized carbons (Fsp3) is 0.667. The third-order valence-electron chi connectivity index (χ3n) is 2.56. The molecule has 0 aliphatic carbocycles. The molecular weight excluding hydrogens is 230 g/mol. The van der Waals surface area contributed by atoms with E-state index < -0.39 is 0 Å². The van der Waals surface area contributed by atoms with Gasteiger partial charge in [0, 0.05) is 19.6 Å². The Labute approximate surface area is 99.0 Å². The van der Waals surface area contributed by atoms with Gasteiger partial charge in [0.25, 0.3) is 0 Å². The number of nitrogens with zero attached hydrogens (tertiary/aromatic N) is 4. The molecule has 7 heteroatoms. The number of anilines is 1. The van der Waals surface area contributed by atoms with Crippen LogP contribution in [0.1, 0.15) is 6.92 Å². The minimum Gasteiger partial charge on any atom is -0.467 e. The van der Waals surface area contributed by atoms with Crippen LogP contribution < -0.4 is 15.0 Å². The Balaban J connectivity index is 2.25.